The number of morpholine rings is 1. The first-order chi connectivity index (χ1) is 9.32. The summed E-state index contributed by atoms with van der Waals surface area (Å²) in [5, 5.41) is 18.2. The molecule has 1 aromatic carbocycles. The number of nitrogens with zero attached hydrogens (tertiary/aromatic N) is 2. The van der Waals surface area contributed by atoms with E-state index < -0.39 is 5.97 Å². The molecule has 0 aliphatic carbocycles. The maximum atomic E-state index is 11.0. The highest BCUT2D eigenvalue weighted by molar-refractivity contribution is 5.89. The zero-order valence-electron chi connectivity index (χ0n) is 11.9. The van der Waals surface area contributed by atoms with E-state index in [9.17, 15) is 10.1 Å². The average molecular weight is 274 g/mol. The van der Waals surface area contributed by atoms with Crippen LogP contribution in [0.15, 0.2) is 18.2 Å². The van der Waals surface area contributed by atoms with Gasteiger partial charge in [-0.15, -0.1) is 0 Å². The fraction of sp³-hybridized carbons (Fsp3) is 0.467. The summed E-state index contributed by atoms with van der Waals surface area (Å²) in [6.45, 7) is 7.36. The number of carbonyl (C=O) groups is 1. The highest BCUT2D eigenvalue weighted by Crippen LogP contribution is 2.28. The fourth-order valence-corrected chi connectivity index (χ4v) is 2.67. The second-order valence-corrected chi connectivity index (χ2v) is 5.72. The van der Waals surface area contributed by atoms with E-state index in [0.29, 0.717) is 18.7 Å². The van der Waals surface area contributed by atoms with Gasteiger partial charge in [-0.1, -0.05) is 0 Å². The molecule has 1 aromatic rings. The van der Waals surface area contributed by atoms with Crippen molar-refractivity contribution in [3.63, 3.8) is 0 Å². The van der Waals surface area contributed by atoms with Crippen LogP contribution in [0.1, 0.15) is 36.7 Å². The highest BCUT2D eigenvalue weighted by Gasteiger charge is 2.32. The Hall–Kier alpha value is -2.06. The van der Waals surface area contributed by atoms with Crippen LogP contribution < -0.4 is 4.90 Å². The van der Waals surface area contributed by atoms with Crippen LogP contribution in [0.4, 0.5) is 5.69 Å². The summed E-state index contributed by atoms with van der Waals surface area (Å²) >= 11 is 0. The summed E-state index contributed by atoms with van der Waals surface area (Å²) in [5.41, 5.74) is 0.983. The molecule has 2 rings (SSSR count). The molecule has 1 unspecified atom stereocenters. The van der Waals surface area contributed by atoms with E-state index in [1.54, 1.807) is 6.07 Å². The molecule has 1 atom stereocenters. The van der Waals surface area contributed by atoms with Gasteiger partial charge in [-0.05, 0) is 39.0 Å². The first kappa shape index (κ1) is 14.4. The summed E-state index contributed by atoms with van der Waals surface area (Å²) < 4.78 is 5.84. The van der Waals surface area contributed by atoms with Gasteiger partial charge in [0.1, 0.15) is 6.07 Å². The minimum Gasteiger partial charge on any atom is -0.478 e. The Morgan fingerprint density at radius 2 is 2.25 bits per heavy atom. The SMILES string of the molecule is CC1CN(c2ccc(C(=O)O)cc2C#N)CC(C)(C)O1. The molecule has 1 aliphatic heterocycles. The van der Waals surface area contributed by atoms with E-state index in [1.807, 2.05) is 20.8 Å². The van der Waals surface area contributed by atoms with Gasteiger partial charge in [-0.3, -0.25) is 0 Å². The van der Waals surface area contributed by atoms with Gasteiger partial charge >= 0.3 is 5.97 Å². The minimum absolute atomic E-state index is 0.0597. The van der Waals surface area contributed by atoms with Gasteiger partial charge in [0.05, 0.1) is 28.5 Å². The summed E-state index contributed by atoms with van der Waals surface area (Å²) in [6.07, 6.45) is 0.0597. The fourth-order valence-electron chi connectivity index (χ4n) is 2.67. The van der Waals surface area contributed by atoms with Crippen LogP contribution >= 0.6 is 0 Å². The standard InChI is InChI=1S/C15H18N2O3/c1-10-8-17(9-15(2,3)20-10)13-5-4-11(14(18)19)6-12(13)7-16/h4-6,10H,8-9H2,1-3H3,(H,18,19). The largest absolute Gasteiger partial charge is 0.478 e. The Morgan fingerprint density at radius 3 is 2.80 bits per heavy atom. The summed E-state index contributed by atoms with van der Waals surface area (Å²) in [7, 11) is 0. The summed E-state index contributed by atoms with van der Waals surface area (Å²) in [4.78, 5) is 13.1. The van der Waals surface area contributed by atoms with Gasteiger partial charge in [-0.25, -0.2) is 4.79 Å². The molecule has 20 heavy (non-hydrogen) atoms. The van der Waals surface area contributed by atoms with Crippen molar-refractivity contribution in [3.05, 3.63) is 29.3 Å². The number of rotatable bonds is 2. The van der Waals surface area contributed by atoms with Gasteiger partial charge in [0.15, 0.2) is 0 Å². The molecule has 0 aromatic heterocycles. The Bertz CT molecular complexity index is 575. The van der Waals surface area contributed by atoms with Gasteiger partial charge in [-0.2, -0.15) is 5.26 Å². The van der Waals surface area contributed by atoms with Crippen molar-refractivity contribution in [3.8, 4) is 6.07 Å². The number of carboxylic acids is 1. The molecule has 1 aliphatic rings. The van der Waals surface area contributed by atoms with Crippen molar-refractivity contribution in [1.29, 1.82) is 5.26 Å². The van der Waals surface area contributed by atoms with E-state index in [4.69, 9.17) is 9.84 Å². The van der Waals surface area contributed by atoms with E-state index in [1.165, 1.54) is 12.1 Å². The van der Waals surface area contributed by atoms with Crippen molar-refractivity contribution in [2.24, 2.45) is 0 Å². The molecule has 106 valence electrons. The van der Waals surface area contributed by atoms with Crippen molar-refractivity contribution >= 4 is 11.7 Å². The zero-order valence-corrected chi connectivity index (χ0v) is 11.9. The van der Waals surface area contributed by atoms with Crippen LogP contribution in [0.3, 0.4) is 0 Å². The Morgan fingerprint density at radius 1 is 1.55 bits per heavy atom. The van der Waals surface area contributed by atoms with Crippen LogP contribution in [0, 0.1) is 11.3 Å². The smallest absolute Gasteiger partial charge is 0.335 e. The van der Waals surface area contributed by atoms with Crippen LogP contribution in [0.25, 0.3) is 0 Å². The first-order valence-corrected chi connectivity index (χ1v) is 6.52. The van der Waals surface area contributed by atoms with Crippen LogP contribution in [-0.2, 0) is 4.74 Å². The number of ether oxygens (including phenoxy) is 1. The second kappa shape index (κ2) is 5.14. The van der Waals surface area contributed by atoms with Gasteiger partial charge < -0.3 is 14.7 Å². The number of hydrogen-bond donors (Lipinski definition) is 1. The lowest BCUT2D eigenvalue weighted by atomic mass is 10.0. The Balaban J connectivity index is 2.37. The van der Waals surface area contributed by atoms with Crippen LogP contribution in [0.5, 0.6) is 0 Å². The lowest BCUT2D eigenvalue weighted by Gasteiger charge is -2.43. The Kier molecular flexibility index (Phi) is 3.69. The van der Waals surface area contributed by atoms with Gasteiger partial charge in [0, 0.05) is 13.1 Å². The Labute approximate surface area is 118 Å². The predicted octanol–water partition coefficient (Wildman–Crippen LogP) is 2.26. The molecule has 1 fully saturated rings. The number of hydrogen-bond acceptors (Lipinski definition) is 4. The van der Waals surface area contributed by atoms with Gasteiger partial charge in [0.2, 0.25) is 0 Å². The molecule has 0 bridgehead atoms. The lowest BCUT2D eigenvalue weighted by molar-refractivity contribution is -0.0749. The third-order valence-electron chi connectivity index (χ3n) is 3.27. The first-order valence-electron chi connectivity index (χ1n) is 6.52. The number of carboxylic acid groups (broad SMARTS) is 1. The number of aromatic carboxylic acids is 1. The highest BCUT2D eigenvalue weighted by atomic mass is 16.5. The zero-order chi connectivity index (χ0) is 14.9. The van der Waals surface area contributed by atoms with Crippen LogP contribution in [0.2, 0.25) is 0 Å². The van der Waals surface area contributed by atoms with Crippen molar-refractivity contribution < 1.29 is 14.6 Å². The number of benzene rings is 1. The van der Waals surface area contributed by atoms with E-state index in [2.05, 4.69) is 11.0 Å². The quantitative estimate of drug-likeness (QED) is 0.895. The second-order valence-electron chi connectivity index (χ2n) is 5.72. The average Bonchev–Trinajstić information content (AvgIpc) is 2.35. The van der Waals surface area contributed by atoms with Crippen LogP contribution in [-0.4, -0.2) is 35.9 Å². The maximum Gasteiger partial charge on any atom is 0.335 e. The third kappa shape index (κ3) is 2.91. The molecule has 1 heterocycles. The summed E-state index contributed by atoms with van der Waals surface area (Å²) in [5.74, 6) is -1.02. The van der Waals surface area contributed by atoms with Crippen molar-refractivity contribution in [1.82, 2.24) is 0 Å². The maximum absolute atomic E-state index is 11.0. The summed E-state index contributed by atoms with van der Waals surface area (Å²) in [6, 6.07) is 6.74. The predicted molar refractivity (Wildman–Crippen MR) is 75.0 cm³/mol. The molecule has 0 radical (unpaired) electrons. The molecule has 1 N–H and O–H groups in total. The van der Waals surface area contributed by atoms with Gasteiger partial charge in [0.25, 0.3) is 0 Å². The van der Waals surface area contributed by atoms with Crippen molar-refractivity contribution in [2.75, 3.05) is 18.0 Å². The molecule has 0 spiro atoms. The molecule has 5 nitrogen and oxygen atoms in total. The van der Waals surface area contributed by atoms with E-state index in [-0.39, 0.29) is 17.3 Å². The molecule has 0 saturated carbocycles. The molecular weight excluding hydrogens is 256 g/mol. The molecule has 0 amide bonds. The monoisotopic (exact) mass is 274 g/mol. The van der Waals surface area contributed by atoms with E-state index >= 15 is 0 Å². The minimum atomic E-state index is -1.02. The lowest BCUT2D eigenvalue weighted by Crippen LogP contribution is -2.52. The molecule has 5 heteroatoms. The molecule has 1 saturated heterocycles. The normalized spacial score (nSPS) is 21.3. The van der Waals surface area contributed by atoms with E-state index in [0.717, 1.165) is 5.69 Å². The number of nitriles is 1. The topological polar surface area (TPSA) is 73.6 Å². The molecular formula is C15H18N2O3. The third-order valence-corrected chi connectivity index (χ3v) is 3.27. The number of anilines is 1. The van der Waals surface area contributed by atoms with Crippen molar-refractivity contribution in [2.45, 2.75) is 32.5 Å².